The Hall–Kier alpha value is -0.640. The minimum atomic E-state index is -2.26. The number of rotatable bonds is 10. The first-order valence-corrected chi connectivity index (χ1v) is 10.5. The van der Waals surface area contributed by atoms with Gasteiger partial charge in [-0.2, -0.15) is 0 Å². The molecule has 2 aliphatic heterocycles. The average molecular weight is 506 g/mol. The number of aliphatic hydroxyl groups is 13. The number of aliphatic hydroxyl groups excluding tert-OH is 13. The van der Waals surface area contributed by atoms with Gasteiger partial charge in [0.15, 0.2) is 6.29 Å². The molecule has 2 saturated heterocycles. The van der Waals surface area contributed by atoms with E-state index in [1.165, 1.54) is 0 Å². The summed E-state index contributed by atoms with van der Waals surface area (Å²) in [5.41, 5.74) is 0. The van der Waals surface area contributed by atoms with Crippen molar-refractivity contribution in [2.75, 3.05) is 19.8 Å². The van der Waals surface area contributed by atoms with Gasteiger partial charge in [-0.1, -0.05) is 0 Å². The van der Waals surface area contributed by atoms with Crippen LogP contribution >= 0.6 is 0 Å². The van der Waals surface area contributed by atoms with E-state index in [9.17, 15) is 61.3 Å². The molecule has 0 spiro atoms. The second-order valence-electron chi connectivity index (χ2n) is 8.31. The molecule has 202 valence electrons. The molecule has 15 atom stereocenters. The molecule has 0 amide bonds. The van der Waals surface area contributed by atoms with E-state index in [1.807, 2.05) is 0 Å². The summed E-state index contributed by atoms with van der Waals surface area (Å²) in [5, 5.41) is 128. The lowest BCUT2D eigenvalue weighted by molar-refractivity contribution is -0.347. The smallest absolute Gasteiger partial charge is 0.187 e. The van der Waals surface area contributed by atoms with Gasteiger partial charge in [0, 0.05) is 0 Å². The molecule has 13 N–H and O–H groups in total. The van der Waals surface area contributed by atoms with E-state index in [-0.39, 0.29) is 0 Å². The van der Waals surface area contributed by atoms with Crippen LogP contribution in [0.2, 0.25) is 0 Å². The highest BCUT2D eigenvalue weighted by atomic mass is 16.7. The molecule has 0 aliphatic carbocycles. The normalized spacial score (nSPS) is 43.7. The number of hydrogen-bond donors (Lipinski definition) is 13. The van der Waals surface area contributed by atoms with Gasteiger partial charge >= 0.3 is 0 Å². The van der Waals surface area contributed by atoms with Crippen LogP contribution in [0.5, 0.6) is 0 Å². The summed E-state index contributed by atoms with van der Waals surface area (Å²) in [6.07, 6.45) is -28.2. The Morgan fingerprint density at radius 2 is 1.21 bits per heavy atom. The molecule has 16 heteroatoms. The summed E-state index contributed by atoms with van der Waals surface area (Å²) >= 11 is 0. The summed E-state index contributed by atoms with van der Waals surface area (Å²) in [4.78, 5) is 0. The lowest BCUT2D eigenvalue weighted by atomic mass is 9.88. The second kappa shape index (κ2) is 12.5. The molecule has 2 fully saturated rings. The second-order valence-corrected chi connectivity index (χ2v) is 8.31. The first-order chi connectivity index (χ1) is 15.9. The van der Waals surface area contributed by atoms with Crippen LogP contribution < -0.4 is 0 Å². The minimum absolute atomic E-state index is 0.772. The molecule has 2 rings (SSSR count). The molecular formula is C18H34O16. The lowest BCUT2D eigenvalue weighted by Gasteiger charge is -2.47. The third-order valence-corrected chi connectivity index (χ3v) is 6.01. The largest absolute Gasteiger partial charge is 0.394 e. The van der Waals surface area contributed by atoms with E-state index >= 15 is 0 Å². The Morgan fingerprint density at radius 1 is 0.618 bits per heavy atom. The fourth-order valence-corrected chi connectivity index (χ4v) is 3.83. The first kappa shape index (κ1) is 29.6. The molecule has 2 unspecified atom stereocenters. The third kappa shape index (κ3) is 6.01. The lowest BCUT2D eigenvalue weighted by Crippen LogP contribution is -2.67. The maximum atomic E-state index is 10.5. The monoisotopic (exact) mass is 506 g/mol. The molecule has 0 aromatic carbocycles. The quantitative estimate of drug-likeness (QED) is 0.131. The fourth-order valence-electron chi connectivity index (χ4n) is 3.83. The van der Waals surface area contributed by atoms with E-state index in [4.69, 9.17) is 19.3 Å². The van der Waals surface area contributed by atoms with Crippen molar-refractivity contribution in [3.05, 3.63) is 0 Å². The van der Waals surface area contributed by atoms with E-state index in [0.29, 0.717) is 0 Å². The highest BCUT2D eigenvalue weighted by molar-refractivity contribution is 5.00. The first-order valence-electron chi connectivity index (χ1n) is 10.5. The van der Waals surface area contributed by atoms with Crippen molar-refractivity contribution in [1.82, 2.24) is 0 Å². The van der Waals surface area contributed by atoms with E-state index in [2.05, 4.69) is 0 Å². The molecule has 2 aliphatic rings. The van der Waals surface area contributed by atoms with Crippen molar-refractivity contribution in [2.24, 2.45) is 0 Å². The standard InChI is InChI=1S/C18H34O16/c19-1-4(22)7(23)9(25)11(27)12(28)17-14(30)13(29)16(6(3-21)32-17)34-18-15(31)10(26)8(24)5(2-20)33-18/h4-31H,1-3H2/t4-,5-,6-,7-,8+,9+,10+,11+,12?,13-,14-,15-,16-,17?,18+/m1/s1. The maximum absolute atomic E-state index is 10.5. The van der Waals surface area contributed by atoms with Crippen LogP contribution in [-0.2, 0) is 14.2 Å². The van der Waals surface area contributed by atoms with Gasteiger partial charge in [-0.05, 0) is 0 Å². The van der Waals surface area contributed by atoms with Crippen LogP contribution in [0.25, 0.3) is 0 Å². The average Bonchev–Trinajstić information content (AvgIpc) is 2.84. The molecule has 34 heavy (non-hydrogen) atoms. The van der Waals surface area contributed by atoms with Crippen LogP contribution in [0.4, 0.5) is 0 Å². The zero-order valence-corrected chi connectivity index (χ0v) is 17.8. The molecular weight excluding hydrogens is 472 g/mol. The van der Waals surface area contributed by atoms with Crippen LogP contribution in [0.1, 0.15) is 0 Å². The van der Waals surface area contributed by atoms with Gasteiger partial charge in [-0.3, -0.25) is 0 Å². The van der Waals surface area contributed by atoms with Gasteiger partial charge < -0.3 is 80.6 Å². The van der Waals surface area contributed by atoms with Gasteiger partial charge in [0.25, 0.3) is 0 Å². The predicted octanol–water partition coefficient (Wildman–Crippen LogP) is -8.55. The Kier molecular flexibility index (Phi) is 10.9. The van der Waals surface area contributed by atoms with Crippen molar-refractivity contribution in [3.63, 3.8) is 0 Å². The topological polar surface area (TPSA) is 291 Å². The summed E-state index contributed by atoms with van der Waals surface area (Å²) < 4.78 is 15.8. The summed E-state index contributed by atoms with van der Waals surface area (Å²) in [7, 11) is 0. The SMILES string of the molecule is OC[C@@H](O)[C@@H](O)[C@H](O)[C@H](O)C(O)C1O[C@H](CO)[C@@H](O[C@@H]2O[C@H](CO)[C@H](O)[C@H](O)[C@H]2O)[C@H](O)[C@H]1O. The van der Waals surface area contributed by atoms with Crippen molar-refractivity contribution >= 4 is 0 Å². The van der Waals surface area contributed by atoms with Gasteiger partial charge in [-0.15, -0.1) is 0 Å². The van der Waals surface area contributed by atoms with Crippen LogP contribution in [-0.4, -0.2) is 178 Å². The molecule has 0 aromatic rings. The Labute approximate surface area is 193 Å². The summed E-state index contributed by atoms with van der Waals surface area (Å²) in [6, 6.07) is 0. The van der Waals surface area contributed by atoms with Crippen molar-refractivity contribution in [1.29, 1.82) is 0 Å². The molecule has 0 bridgehead atoms. The Bertz CT molecular complexity index is 609. The Morgan fingerprint density at radius 3 is 1.74 bits per heavy atom. The maximum Gasteiger partial charge on any atom is 0.187 e. The Balaban J connectivity index is 2.14. The van der Waals surface area contributed by atoms with Crippen molar-refractivity contribution in [3.8, 4) is 0 Å². The van der Waals surface area contributed by atoms with E-state index < -0.39 is 112 Å². The van der Waals surface area contributed by atoms with Crippen LogP contribution in [0.15, 0.2) is 0 Å². The van der Waals surface area contributed by atoms with E-state index in [0.717, 1.165) is 0 Å². The number of hydrogen-bond acceptors (Lipinski definition) is 16. The van der Waals surface area contributed by atoms with Crippen molar-refractivity contribution < 1.29 is 80.6 Å². The van der Waals surface area contributed by atoms with Crippen LogP contribution in [0, 0.1) is 0 Å². The summed E-state index contributed by atoms with van der Waals surface area (Å²) in [5.74, 6) is 0. The predicted molar refractivity (Wildman–Crippen MR) is 104 cm³/mol. The third-order valence-electron chi connectivity index (χ3n) is 6.01. The van der Waals surface area contributed by atoms with Crippen LogP contribution in [0.3, 0.4) is 0 Å². The highest BCUT2D eigenvalue weighted by Gasteiger charge is 2.53. The highest BCUT2D eigenvalue weighted by Crippen LogP contribution is 2.31. The zero-order chi connectivity index (χ0) is 25.9. The molecule has 0 aromatic heterocycles. The van der Waals surface area contributed by atoms with Crippen molar-refractivity contribution in [2.45, 2.75) is 91.7 Å². The molecule has 0 radical (unpaired) electrons. The molecule has 2 heterocycles. The fraction of sp³-hybridized carbons (Fsp3) is 1.00. The van der Waals surface area contributed by atoms with Gasteiger partial charge in [-0.25, -0.2) is 0 Å². The molecule has 0 saturated carbocycles. The van der Waals surface area contributed by atoms with Gasteiger partial charge in [0.2, 0.25) is 0 Å². The summed E-state index contributed by atoms with van der Waals surface area (Å²) in [6.45, 7) is -2.66. The van der Waals surface area contributed by atoms with Gasteiger partial charge in [0.05, 0.1) is 19.8 Å². The zero-order valence-electron chi connectivity index (χ0n) is 17.8. The minimum Gasteiger partial charge on any atom is -0.394 e. The number of ether oxygens (including phenoxy) is 3. The van der Waals surface area contributed by atoms with E-state index in [1.54, 1.807) is 0 Å². The van der Waals surface area contributed by atoms with Gasteiger partial charge in [0.1, 0.15) is 85.5 Å². The molecule has 16 nitrogen and oxygen atoms in total.